The Morgan fingerprint density at radius 1 is 0.520 bits per heavy atom. The van der Waals surface area contributed by atoms with Crippen LogP contribution in [0.2, 0.25) is 0 Å². The summed E-state index contributed by atoms with van der Waals surface area (Å²) in [4.78, 5) is 26.5. The second-order valence-electron chi connectivity index (χ2n) is 16.9. The Morgan fingerprint density at radius 2 is 0.940 bits per heavy atom. The maximum absolute atomic E-state index is 13.3. The summed E-state index contributed by atoms with van der Waals surface area (Å²) in [5.74, 6) is 0.180. The summed E-state index contributed by atoms with van der Waals surface area (Å²) in [6.07, 6.45) is 11.1. The highest BCUT2D eigenvalue weighted by molar-refractivity contribution is 9.11. The standard InChI is InChI=1S/C42H48Br2N4O2/c1-39(2,3)30-17-25(18-31(37(30)49)40(4,5)6)23-45-47-28-14-15-34(43)29(22-28)27-13-16-36(35(44)21-27)48-46-24-26-19-32(41(7,8)9)38(50)33(20-26)42(10,11)12/h13-24H,1-12H3/b47-45+,48-46+. The Morgan fingerprint density at radius 3 is 1.34 bits per heavy atom. The molecular formula is C42H48Br2N4O2. The molecule has 0 unspecified atom stereocenters. The average molecular weight is 801 g/mol. The molecule has 262 valence electrons. The van der Waals surface area contributed by atoms with Crippen molar-refractivity contribution in [1.82, 2.24) is 0 Å². The minimum absolute atomic E-state index is 0.0896. The van der Waals surface area contributed by atoms with Crippen LogP contribution in [-0.2, 0) is 9.59 Å². The van der Waals surface area contributed by atoms with Crippen molar-refractivity contribution >= 4 is 54.8 Å². The highest BCUT2D eigenvalue weighted by Gasteiger charge is 2.35. The number of Topliss-reactive ketones (excluding diaryl/α,β-unsaturated/α-hetero) is 2. The molecule has 2 aromatic rings. The second-order valence-corrected chi connectivity index (χ2v) is 18.6. The topological polar surface area (TPSA) is 83.6 Å². The van der Waals surface area contributed by atoms with Gasteiger partial charge < -0.3 is 0 Å². The summed E-state index contributed by atoms with van der Waals surface area (Å²) in [5, 5.41) is 17.8. The SMILES string of the molecule is CC(C)(C)C1=CC(=C/N=N/c2ccc(Br)c(-c3ccc(/N=N/C=C4C=C(C(C)(C)C)C(=O)C(C(C)(C)C)=C4)c(Br)c3)c2)C=C(C(C)(C)C)C1=O. The van der Waals surface area contributed by atoms with Gasteiger partial charge in [-0.25, -0.2) is 0 Å². The van der Waals surface area contributed by atoms with Gasteiger partial charge in [-0.05, 0) is 114 Å². The number of carbonyl (C=O) groups excluding carboxylic acids is 2. The molecule has 8 heteroatoms. The quantitative estimate of drug-likeness (QED) is 0.282. The third-order valence-corrected chi connectivity index (χ3v) is 9.74. The number of benzene rings is 2. The third-order valence-electron chi connectivity index (χ3n) is 8.42. The van der Waals surface area contributed by atoms with Gasteiger partial charge in [-0.3, -0.25) is 9.59 Å². The minimum atomic E-state index is -0.293. The molecule has 0 aromatic heterocycles. The van der Waals surface area contributed by atoms with Crippen molar-refractivity contribution in [2.45, 2.75) is 83.1 Å². The molecule has 4 rings (SSSR count). The molecule has 0 bridgehead atoms. The molecule has 0 fully saturated rings. The van der Waals surface area contributed by atoms with Gasteiger partial charge in [-0.1, -0.05) is 105 Å². The first-order chi connectivity index (χ1) is 23.0. The van der Waals surface area contributed by atoms with E-state index in [1.165, 1.54) is 0 Å². The fourth-order valence-corrected chi connectivity index (χ4v) is 6.49. The van der Waals surface area contributed by atoms with Crippen LogP contribution in [0, 0.1) is 21.7 Å². The molecule has 0 radical (unpaired) electrons. The van der Waals surface area contributed by atoms with E-state index in [0.29, 0.717) is 11.4 Å². The molecule has 0 N–H and O–H groups in total. The van der Waals surface area contributed by atoms with E-state index in [1.807, 2.05) is 60.7 Å². The molecule has 6 nitrogen and oxygen atoms in total. The van der Waals surface area contributed by atoms with Gasteiger partial charge in [0.1, 0.15) is 0 Å². The zero-order chi connectivity index (χ0) is 37.4. The molecule has 2 aliphatic carbocycles. The molecule has 2 aromatic carbocycles. The Bertz CT molecular complexity index is 1900. The lowest BCUT2D eigenvalue weighted by molar-refractivity contribution is -0.114. The van der Waals surface area contributed by atoms with E-state index in [-0.39, 0.29) is 33.2 Å². The van der Waals surface area contributed by atoms with E-state index in [1.54, 1.807) is 12.4 Å². The maximum Gasteiger partial charge on any atom is 0.186 e. The fraction of sp³-hybridized carbons (Fsp3) is 0.381. The van der Waals surface area contributed by atoms with Crippen LogP contribution < -0.4 is 0 Å². The summed E-state index contributed by atoms with van der Waals surface area (Å²) in [7, 11) is 0. The van der Waals surface area contributed by atoms with Crippen molar-refractivity contribution in [2.75, 3.05) is 0 Å². The fourth-order valence-electron chi connectivity index (χ4n) is 5.55. The number of allylic oxidation sites excluding steroid dienone is 10. The van der Waals surface area contributed by atoms with Crippen molar-refractivity contribution in [2.24, 2.45) is 42.1 Å². The van der Waals surface area contributed by atoms with Crippen LogP contribution in [0.15, 0.2) is 136 Å². The number of carbonyl (C=O) groups is 2. The van der Waals surface area contributed by atoms with Gasteiger partial charge in [0.2, 0.25) is 0 Å². The van der Waals surface area contributed by atoms with Crippen LogP contribution in [0.4, 0.5) is 11.4 Å². The molecule has 2 aliphatic rings. The van der Waals surface area contributed by atoms with Crippen LogP contribution in [0.5, 0.6) is 0 Å². The summed E-state index contributed by atoms with van der Waals surface area (Å²) in [5.41, 5.74) is 6.86. The number of hydrogen-bond acceptors (Lipinski definition) is 6. The Kier molecular flexibility index (Phi) is 11.4. The van der Waals surface area contributed by atoms with Crippen LogP contribution in [0.25, 0.3) is 11.1 Å². The number of rotatable bonds is 5. The summed E-state index contributed by atoms with van der Waals surface area (Å²) < 4.78 is 1.70. The number of halogens is 2. The first-order valence-electron chi connectivity index (χ1n) is 16.8. The predicted octanol–water partition coefficient (Wildman–Crippen LogP) is 13.9. The smallest absolute Gasteiger partial charge is 0.186 e. The van der Waals surface area contributed by atoms with Gasteiger partial charge in [0.05, 0.1) is 23.8 Å². The van der Waals surface area contributed by atoms with Crippen LogP contribution in [-0.4, -0.2) is 11.6 Å². The molecule has 0 amide bonds. The Hall–Kier alpha value is -3.62. The lowest BCUT2D eigenvalue weighted by Gasteiger charge is -2.31. The lowest BCUT2D eigenvalue weighted by atomic mass is 9.72. The molecule has 0 atom stereocenters. The summed E-state index contributed by atoms with van der Waals surface area (Å²) in [6, 6.07) is 11.7. The number of azo groups is 2. The van der Waals surface area contributed by atoms with Gasteiger partial charge in [-0.15, -0.1) is 5.11 Å². The van der Waals surface area contributed by atoms with Crippen LogP contribution in [0.1, 0.15) is 83.1 Å². The van der Waals surface area contributed by atoms with Gasteiger partial charge in [0.15, 0.2) is 11.6 Å². The highest BCUT2D eigenvalue weighted by Crippen LogP contribution is 2.41. The first kappa shape index (κ1) is 39.2. The molecule has 0 saturated carbocycles. The largest absolute Gasteiger partial charge is 0.289 e. The molecule has 0 aliphatic heterocycles. The van der Waals surface area contributed by atoms with E-state index in [0.717, 1.165) is 53.5 Å². The molecule has 50 heavy (non-hydrogen) atoms. The third kappa shape index (κ3) is 9.38. The summed E-state index contributed by atoms with van der Waals surface area (Å²) >= 11 is 7.37. The van der Waals surface area contributed by atoms with E-state index in [2.05, 4.69) is 135 Å². The zero-order valence-electron chi connectivity index (χ0n) is 31.3. The van der Waals surface area contributed by atoms with Crippen molar-refractivity contribution in [3.8, 4) is 11.1 Å². The van der Waals surface area contributed by atoms with E-state index in [4.69, 9.17) is 0 Å². The highest BCUT2D eigenvalue weighted by atomic mass is 79.9. The average Bonchev–Trinajstić information content (AvgIpc) is 2.97. The second kappa shape index (κ2) is 14.5. The first-order valence-corrected chi connectivity index (χ1v) is 18.3. The van der Waals surface area contributed by atoms with Gasteiger partial charge in [0.25, 0.3) is 0 Å². The lowest BCUT2D eigenvalue weighted by Crippen LogP contribution is -2.27. The van der Waals surface area contributed by atoms with Crippen molar-refractivity contribution < 1.29 is 9.59 Å². The molecule has 0 spiro atoms. The Balaban J connectivity index is 1.60. The number of ketones is 2. The molecule has 0 saturated heterocycles. The van der Waals surface area contributed by atoms with Gasteiger partial charge in [0, 0.05) is 31.2 Å². The number of nitrogens with zero attached hydrogens (tertiary/aromatic N) is 4. The van der Waals surface area contributed by atoms with Crippen molar-refractivity contribution in [1.29, 1.82) is 0 Å². The van der Waals surface area contributed by atoms with E-state index >= 15 is 0 Å². The maximum atomic E-state index is 13.3. The monoisotopic (exact) mass is 798 g/mol. The van der Waals surface area contributed by atoms with Gasteiger partial charge in [-0.2, -0.15) is 15.3 Å². The van der Waals surface area contributed by atoms with Crippen molar-refractivity contribution in [3.05, 3.63) is 115 Å². The van der Waals surface area contributed by atoms with Crippen LogP contribution >= 0.6 is 31.9 Å². The van der Waals surface area contributed by atoms with Crippen LogP contribution in [0.3, 0.4) is 0 Å². The Labute approximate surface area is 314 Å². The number of hydrogen-bond donors (Lipinski definition) is 0. The summed E-state index contributed by atoms with van der Waals surface area (Å²) in [6.45, 7) is 24.6. The predicted molar refractivity (Wildman–Crippen MR) is 213 cm³/mol. The van der Waals surface area contributed by atoms with Gasteiger partial charge >= 0.3 is 0 Å². The van der Waals surface area contributed by atoms with E-state index in [9.17, 15) is 9.59 Å². The molecular weight excluding hydrogens is 752 g/mol. The normalized spacial score (nSPS) is 16.5. The van der Waals surface area contributed by atoms with Crippen molar-refractivity contribution in [3.63, 3.8) is 0 Å². The van der Waals surface area contributed by atoms with E-state index < -0.39 is 0 Å². The molecule has 0 heterocycles. The zero-order valence-corrected chi connectivity index (χ0v) is 34.5. The minimum Gasteiger partial charge on any atom is -0.289 e.